The van der Waals surface area contributed by atoms with Crippen molar-refractivity contribution in [3.63, 3.8) is 0 Å². The molecule has 2 fully saturated rings. The molecule has 122 valence electrons. The number of hydrogen-bond acceptors (Lipinski definition) is 3. The largest absolute Gasteiger partial charge is 0.350 e. The number of nitrogens with one attached hydrogen (secondary N) is 1. The van der Waals surface area contributed by atoms with Gasteiger partial charge in [0.1, 0.15) is 5.01 Å². The van der Waals surface area contributed by atoms with E-state index in [1.54, 1.807) is 11.3 Å². The standard InChI is InChI=1S/C17H28N4S/c1-16(2,3)13-11-22-14(20-13)10-19-15(18-4)21-9-8-17(12-21)6-5-7-17/h11H,5-10,12H2,1-4H3,(H,18,19). The molecule has 2 aliphatic rings. The first kappa shape index (κ1) is 15.8. The highest BCUT2D eigenvalue weighted by Crippen LogP contribution is 2.47. The van der Waals surface area contributed by atoms with Gasteiger partial charge in [-0.1, -0.05) is 27.2 Å². The minimum Gasteiger partial charge on any atom is -0.350 e. The molecule has 1 saturated heterocycles. The average molecular weight is 321 g/mol. The Kier molecular flexibility index (Phi) is 4.19. The Morgan fingerprint density at radius 3 is 2.68 bits per heavy atom. The van der Waals surface area contributed by atoms with Gasteiger partial charge in [-0.2, -0.15) is 0 Å². The van der Waals surface area contributed by atoms with E-state index in [-0.39, 0.29) is 5.41 Å². The molecule has 2 heterocycles. The fourth-order valence-corrected chi connectivity index (χ4v) is 4.38. The highest BCUT2D eigenvalue weighted by molar-refractivity contribution is 7.09. The van der Waals surface area contributed by atoms with Crippen molar-refractivity contribution < 1.29 is 0 Å². The molecule has 3 rings (SSSR count). The highest BCUT2D eigenvalue weighted by atomic mass is 32.1. The van der Waals surface area contributed by atoms with Crippen molar-refractivity contribution in [3.05, 3.63) is 16.1 Å². The third-order valence-corrected chi connectivity index (χ3v) is 5.93. The summed E-state index contributed by atoms with van der Waals surface area (Å²) < 4.78 is 0. The zero-order valence-electron chi connectivity index (χ0n) is 14.3. The van der Waals surface area contributed by atoms with E-state index in [4.69, 9.17) is 4.98 Å². The van der Waals surface area contributed by atoms with E-state index in [1.807, 2.05) is 7.05 Å². The molecule has 1 spiro atoms. The normalized spacial score (nSPS) is 21.3. The van der Waals surface area contributed by atoms with Crippen LogP contribution in [0.15, 0.2) is 10.4 Å². The van der Waals surface area contributed by atoms with Crippen LogP contribution in [0.5, 0.6) is 0 Å². The molecule has 0 aromatic carbocycles. The van der Waals surface area contributed by atoms with E-state index in [9.17, 15) is 0 Å². The van der Waals surface area contributed by atoms with E-state index in [1.165, 1.54) is 37.9 Å². The third kappa shape index (κ3) is 3.14. The van der Waals surface area contributed by atoms with Crippen molar-refractivity contribution in [3.8, 4) is 0 Å². The van der Waals surface area contributed by atoms with E-state index >= 15 is 0 Å². The molecular weight excluding hydrogens is 292 g/mol. The van der Waals surface area contributed by atoms with Gasteiger partial charge in [0.2, 0.25) is 0 Å². The van der Waals surface area contributed by atoms with Crippen LogP contribution < -0.4 is 5.32 Å². The van der Waals surface area contributed by atoms with Crippen molar-refractivity contribution in [2.75, 3.05) is 20.1 Å². The summed E-state index contributed by atoms with van der Waals surface area (Å²) in [5, 5.41) is 6.82. The lowest BCUT2D eigenvalue weighted by atomic mass is 9.68. The second-order valence-corrected chi connectivity index (χ2v) is 8.75. The molecule has 22 heavy (non-hydrogen) atoms. The molecule has 0 radical (unpaired) electrons. The molecule has 1 saturated carbocycles. The Labute approximate surface area is 138 Å². The molecule has 0 amide bonds. The summed E-state index contributed by atoms with van der Waals surface area (Å²) in [5.74, 6) is 1.04. The lowest BCUT2D eigenvalue weighted by molar-refractivity contribution is 0.151. The van der Waals surface area contributed by atoms with Gasteiger partial charge in [0.25, 0.3) is 0 Å². The van der Waals surface area contributed by atoms with Gasteiger partial charge in [0.15, 0.2) is 5.96 Å². The van der Waals surface area contributed by atoms with Crippen LogP contribution in [-0.4, -0.2) is 36.0 Å². The van der Waals surface area contributed by atoms with Crippen LogP contribution in [0.4, 0.5) is 0 Å². The van der Waals surface area contributed by atoms with Crippen molar-refractivity contribution in [2.24, 2.45) is 10.4 Å². The zero-order valence-corrected chi connectivity index (χ0v) is 15.1. The van der Waals surface area contributed by atoms with Crippen LogP contribution in [0.1, 0.15) is 57.2 Å². The van der Waals surface area contributed by atoms with Crippen LogP contribution in [-0.2, 0) is 12.0 Å². The number of guanidine groups is 1. The molecule has 0 bridgehead atoms. The number of likely N-dealkylation sites (tertiary alicyclic amines) is 1. The van der Waals surface area contributed by atoms with Gasteiger partial charge < -0.3 is 10.2 Å². The van der Waals surface area contributed by atoms with Crippen LogP contribution in [0, 0.1) is 5.41 Å². The summed E-state index contributed by atoms with van der Waals surface area (Å²) in [6, 6.07) is 0. The van der Waals surface area contributed by atoms with Crippen molar-refractivity contribution >= 4 is 17.3 Å². The lowest BCUT2D eigenvalue weighted by Crippen LogP contribution is -2.42. The predicted octanol–water partition coefficient (Wildman–Crippen LogP) is 3.39. The smallest absolute Gasteiger partial charge is 0.194 e. The summed E-state index contributed by atoms with van der Waals surface area (Å²) in [4.78, 5) is 11.7. The first-order valence-corrected chi connectivity index (χ1v) is 9.20. The predicted molar refractivity (Wildman–Crippen MR) is 93.5 cm³/mol. The maximum Gasteiger partial charge on any atom is 0.194 e. The maximum atomic E-state index is 4.75. The zero-order chi connectivity index (χ0) is 15.8. The highest BCUT2D eigenvalue weighted by Gasteiger charge is 2.43. The molecule has 1 aromatic heterocycles. The van der Waals surface area contributed by atoms with E-state index in [2.05, 4.69) is 41.4 Å². The molecule has 0 atom stereocenters. The lowest BCUT2D eigenvalue weighted by Gasteiger charge is -2.38. The molecule has 1 aliphatic heterocycles. The van der Waals surface area contributed by atoms with Crippen LogP contribution >= 0.6 is 11.3 Å². The molecule has 5 heteroatoms. The minimum atomic E-state index is 0.127. The molecule has 1 N–H and O–H groups in total. The minimum absolute atomic E-state index is 0.127. The number of hydrogen-bond donors (Lipinski definition) is 1. The van der Waals surface area contributed by atoms with Crippen molar-refractivity contribution in [2.45, 2.75) is 58.4 Å². The maximum absolute atomic E-state index is 4.75. The second kappa shape index (κ2) is 5.84. The van der Waals surface area contributed by atoms with E-state index < -0.39 is 0 Å². The van der Waals surface area contributed by atoms with Gasteiger partial charge in [-0.25, -0.2) is 4.98 Å². The summed E-state index contributed by atoms with van der Waals surface area (Å²) in [7, 11) is 1.89. The average Bonchev–Trinajstić information content (AvgIpc) is 3.04. The Hall–Kier alpha value is -1.10. The number of nitrogens with zero attached hydrogens (tertiary/aromatic N) is 3. The number of aromatic nitrogens is 1. The Balaban J connectivity index is 1.57. The van der Waals surface area contributed by atoms with Gasteiger partial charge in [0, 0.05) is 30.9 Å². The summed E-state index contributed by atoms with van der Waals surface area (Å²) in [6.07, 6.45) is 5.55. The fourth-order valence-electron chi connectivity index (χ4n) is 3.42. The van der Waals surface area contributed by atoms with E-state index in [0.29, 0.717) is 5.41 Å². The summed E-state index contributed by atoms with van der Waals surface area (Å²) in [6.45, 7) is 9.72. The fraction of sp³-hybridized carbons (Fsp3) is 0.765. The van der Waals surface area contributed by atoms with Crippen molar-refractivity contribution in [1.82, 2.24) is 15.2 Å². The third-order valence-electron chi connectivity index (χ3n) is 5.08. The van der Waals surface area contributed by atoms with Gasteiger partial charge in [-0.15, -0.1) is 11.3 Å². The number of aliphatic imine (C=N–C) groups is 1. The topological polar surface area (TPSA) is 40.5 Å². The van der Waals surface area contributed by atoms with Crippen LogP contribution in [0.3, 0.4) is 0 Å². The Bertz CT molecular complexity index is 551. The Morgan fingerprint density at radius 2 is 2.18 bits per heavy atom. The van der Waals surface area contributed by atoms with E-state index in [0.717, 1.165) is 24.1 Å². The van der Waals surface area contributed by atoms with Gasteiger partial charge >= 0.3 is 0 Å². The quantitative estimate of drug-likeness (QED) is 0.671. The SMILES string of the molecule is CN=C(NCc1nc(C(C)(C)C)cs1)N1CCC2(CCC2)C1. The van der Waals surface area contributed by atoms with Gasteiger partial charge in [-0.05, 0) is 24.7 Å². The molecule has 1 aliphatic carbocycles. The van der Waals surface area contributed by atoms with Crippen LogP contribution in [0.2, 0.25) is 0 Å². The van der Waals surface area contributed by atoms with Gasteiger partial charge in [-0.3, -0.25) is 4.99 Å². The van der Waals surface area contributed by atoms with Gasteiger partial charge in [0.05, 0.1) is 12.2 Å². The summed E-state index contributed by atoms with van der Waals surface area (Å²) in [5.41, 5.74) is 1.92. The number of thiazole rings is 1. The molecule has 0 unspecified atom stereocenters. The Morgan fingerprint density at radius 1 is 1.41 bits per heavy atom. The van der Waals surface area contributed by atoms with Crippen molar-refractivity contribution in [1.29, 1.82) is 0 Å². The first-order valence-electron chi connectivity index (χ1n) is 8.32. The molecule has 4 nitrogen and oxygen atoms in total. The second-order valence-electron chi connectivity index (χ2n) is 7.80. The monoisotopic (exact) mass is 320 g/mol. The first-order chi connectivity index (χ1) is 10.4. The molecule has 1 aromatic rings. The summed E-state index contributed by atoms with van der Waals surface area (Å²) >= 11 is 1.74. The molecular formula is C17H28N4S. The number of rotatable bonds is 2. The van der Waals surface area contributed by atoms with Crippen LogP contribution in [0.25, 0.3) is 0 Å².